The van der Waals surface area contributed by atoms with Crippen LogP contribution in [0, 0.1) is 17.8 Å². The Kier molecular flexibility index (Phi) is 27.3. The average molecular weight is 961 g/mol. The molecule has 0 aliphatic heterocycles. The molecule has 8 amide bonds. The molecule has 1 rings (SSSR count). The van der Waals surface area contributed by atoms with Gasteiger partial charge in [-0.1, -0.05) is 78.3 Å². The van der Waals surface area contributed by atoms with Crippen LogP contribution in [-0.4, -0.2) is 131 Å². The van der Waals surface area contributed by atoms with Crippen molar-refractivity contribution in [3.63, 3.8) is 0 Å². The van der Waals surface area contributed by atoms with E-state index in [2.05, 4.69) is 42.5 Å². The zero-order chi connectivity index (χ0) is 51.7. The molecule has 0 aromatic heterocycles. The van der Waals surface area contributed by atoms with Gasteiger partial charge in [0.2, 0.25) is 47.3 Å². The van der Waals surface area contributed by atoms with Gasteiger partial charge in [0.05, 0.1) is 12.6 Å². The lowest BCUT2D eigenvalue weighted by Crippen LogP contribution is -2.59. The van der Waals surface area contributed by atoms with Crippen molar-refractivity contribution in [3.05, 3.63) is 35.9 Å². The number of carboxylic acids is 2. The summed E-state index contributed by atoms with van der Waals surface area (Å²) < 4.78 is 0. The molecule has 22 heteroatoms. The lowest BCUT2D eigenvalue weighted by atomic mass is 9.97. The molecular weight excluding hydrogens is 885 g/mol. The van der Waals surface area contributed by atoms with Crippen molar-refractivity contribution < 1.29 is 58.2 Å². The molecule has 0 bridgehead atoms. The topological polar surface area (TPSA) is 359 Å². The Hall–Kier alpha value is -6.16. The summed E-state index contributed by atoms with van der Waals surface area (Å²) in [6.07, 6.45) is 0.970. The van der Waals surface area contributed by atoms with E-state index in [1.807, 2.05) is 37.3 Å². The first-order valence-corrected chi connectivity index (χ1v) is 23.2. The van der Waals surface area contributed by atoms with Crippen molar-refractivity contribution in [2.45, 2.75) is 162 Å². The van der Waals surface area contributed by atoms with Crippen LogP contribution >= 0.6 is 0 Å². The molecule has 0 saturated carbocycles. The summed E-state index contributed by atoms with van der Waals surface area (Å²) in [5.41, 5.74) is 12.6. The molecule has 22 nitrogen and oxygen atoms in total. The molecule has 382 valence electrons. The van der Waals surface area contributed by atoms with Crippen LogP contribution in [0.1, 0.15) is 112 Å². The van der Waals surface area contributed by atoms with Crippen LogP contribution in [0.3, 0.4) is 0 Å². The third-order valence-electron chi connectivity index (χ3n) is 10.9. The number of aliphatic carboxylic acids is 2. The monoisotopic (exact) mass is 961 g/mol. The van der Waals surface area contributed by atoms with Crippen LogP contribution in [-0.2, 0) is 54.4 Å². The number of carbonyl (C=O) groups excluding carboxylic acids is 8. The molecule has 0 aliphatic rings. The number of unbranched alkanes of at least 4 members (excludes halogenated alkanes) is 1. The predicted molar refractivity (Wildman–Crippen MR) is 252 cm³/mol. The summed E-state index contributed by atoms with van der Waals surface area (Å²) >= 11 is 0. The van der Waals surface area contributed by atoms with Crippen molar-refractivity contribution in [2.75, 3.05) is 13.1 Å². The van der Waals surface area contributed by atoms with Crippen molar-refractivity contribution in [3.8, 4) is 0 Å². The fourth-order valence-corrected chi connectivity index (χ4v) is 6.77. The number of nitrogens with one attached hydrogen (secondary N) is 8. The molecule has 0 radical (unpaired) electrons. The lowest BCUT2D eigenvalue weighted by molar-refractivity contribution is -0.143. The van der Waals surface area contributed by atoms with E-state index in [0.717, 1.165) is 5.56 Å². The second-order valence-electron chi connectivity index (χ2n) is 18.0. The van der Waals surface area contributed by atoms with Gasteiger partial charge in [0.1, 0.15) is 42.3 Å². The van der Waals surface area contributed by atoms with Gasteiger partial charge in [0.25, 0.3) is 0 Å². The highest BCUT2D eigenvalue weighted by atomic mass is 16.4. The average Bonchev–Trinajstić information content (AvgIpc) is 3.27. The van der Waals surface area contributed by atoms with E-state index in [-0.39, 0.29) is 49.9 Å². The molecule has 0 saturated heterocycles. The van der Waals surface area contributed by atoms with Crippen LogP contribution in [0.5, 0.6) is 0 Å². The van der Waals surface area contributed by atoms with Crippen molar-refractivity contribution >= 4 is 59.2 Å². The maximum atomic E-state index is 13.5. The molecule has 14 N–H and O–H groups in total. The number of hydrogen-bond donors (Lipinski definition) is 12. The number of amides is 8. The highest BCUT2D eigenvalue weighted by Crippen LogP contribution is 2.12. The molecular formula is C46H76N10O12. The molecule has 1 aromatic rings. The molecule has 0 aliphatic carbocycles. The minimum atomic E-state index is -1.46. The largest absolute Gasteiger partial charge is 0.481 e. The number of benzene rings is 1. The molecule has 68 heavy (non-hydrogen) atoms. The van der Waals surface area contributed by atoms with Gasteiger partial charge in [-0.3, -0.25) is 43.2 Å². The zero-order valence-electron chi connectivity index (χ0n) is 40.6. The summed E-state index contributed by atoms with van der Waals surface area (Å²) in [7, 11) is 0. The molecule has 0 spiro atoms. The third kappa shape index (κ3) is 23.0. The van der Waals surface area contributed by atoms with Gasteiger partial charge in [0, 0.05) is 6.42 Å². The third-order valence-corrected chi connectivity index (χ3v) is 10.9. The van der Waals surface area contributed by atoms with Gasteiger partial charge in [0.15, 0.2) is 0 Å². The number of hydrogen-bond acceptors (Lipinski definition) is 12. The van der Waals surface area contributed by atoms with Crippen LogP contribution in [0.25, 0.3) is 0 Å². The van der Waals surface area contributed by atoms with Crippen molar-refractivity contribution in [1.29, 1.82) is 0 Å². The summed E-state index contributed by atoms with van der Waals surface area (Å²) in [5.74, 6) is -9.22. The number of rotatable bonds is 32. The summed E-state index contributed by atoms with van der Waals surface area (Å²) in [6, 6.07) is -0.392. The maximum absolute atomic E-state index is 13.5. The van der Waals surface area contributed by atoms with E-state index in [9.17, 15) is 58.2 Å². The summed E-state index contributed by atoms with van der Waals surface area (Å²) in [4.78, 5) is 129. The highest BCUT2D eigenvalue weighted by Gasteiger charge is 2.33. The van der Waals surface area contributed by atoms with Gasteiger partial charge >= 0.3 is 11.9 Å². The molecule has 1 aromatic carbocycles. The van der Waals surface area contributed by atoms with Gasteiger partial charge in [-0.25, -0.2) is 4.79 Å². The minimum absolute atomic E-state index is 0.0620. The Morgan fingerprint density at radius 3 is 1.63 bits per heavy atom. The first-order chi connectivity index (χ1) is 31.9. The molecule has 0 unspecified atom stereocenters. The fraction of sp³-hybridized carbons (Fsp3) is 0.652. The van der Waals surface area contributed by atoms with Gasteiger partial charge in [-0.05, 0) is 88.7 Å². The Balaban J connectivity index is 3.00. The van der Waals surface area contributed by atoms with Crippen LogP contribution in [0.2, 0.25) is 0 Å². The Labute approximate surface area is 398 Å². The van der Waals surface area contributed by atoms with Crippen LogP contribution in [0.4, 0.5) is 0 Å². The van der Waals surface area contributed by atoms with E-state index in [1.165, 1.54) is 13.8 Å². The quantitative estimate of drug-likeness (QED) is 0.0399. The van der Waals surface area contributed by atoms with Gasteiger partial charge in [-0.15, -0.1) is 0 Å². The van der Waals surface area contributed by atoms with Crippen molar-refractivity contribution in [2.24, 2.45) is 29.2 Å². The van der Waals surface area contributed by atoms with Crippen LogP contribution < -0.4 is 54.0 Å². The minimum Gasteiger partial charge on any atom is -0.481 e. The first kappa shape index (κ1) is 59.9. The molecule has 0 heterocycles. The Morgan fingerprint density at radius 1 is 0.574 bits per heavy atom. The first-order valence-electron chi connectivity index (χ1n) is 23.2. The van der Waals surface area contributed by atoms with Gasteiger partial charge in [-0.2, -0.15) is 0 Å². The summed E-state index contributed by atoms with van der Waals surface area (Å²) in [5, 5.41) is 39.0. The number of nitrogens with two attached hydrogens (primary N) is 2. The predicted octanol–water partition coefficient (Wildman–Crippen LogP) is -0.677. The van der Waals surface area contributed by atoms with Crippen LogP contribution in [0.15, 0.2) is 30.3 Å². The number of carboxylic acid groups (broad SMARTS) is 2. The maximum Gasteiger partial charge on any atom is 0.326 e. The van der Waals surface area contributed by atoms with E-state index in [1.54, 1.807) is 34.6 Å². The summed E-state index contributed by atoms with van der Waals surface area (Å²) in [6.45, 7) is 13.0. The fourth-order valence-electron chi connectivity index (χ4n) is 6.77. The lowest BCUT2D eigenvalue weighted by Gasteiger charge is -2.27. The normalized spacial score (nSPS) is 15.1. The second-order valence-corrected chi connectivity index (χ2v) is 18.0. The van der Waals surface area contributed by atoms with E-state index in [4.69, 9.17) is 11.5 Å². The molecule has 9 atom stereocenters. The van der Waals surface area contributed by atoms with Crippen molar-refractivity contribution in [1.82, 2.24) is 42.5 Å². The highest BCUT2D eigenvalue weighted by molar-refractivity contribution is 5.97. The smallest absolute Gasteiger partial charge is 0.326 e. The number of carbonyl (C=O) groups is 10. The van der Waals surface area contributed by atoms with E-state index in [0.29, 0.717) is 25.8 Å². The second kappa shape index (κ2) is 31.0. The van der Waals surface area contributed by atoms with Gasteiger partial charge < -0.3 is 64.2 Å². The Bertz CT molecular complexity index is 1850. The molecule has 0 fully saturated rings. The standard InChI is InChI=1S/C46H76N10O12/c1-9-27(6)38(56-41(62)31(48)23-30-15-11-10-12-16-30)45(66)51-28(7)39(60)50-29(8)40(61)53-32(17-13-14-20-47)42(63)49-24-36(57)52-34(21-25(2)3)44(65)54-33(18-19-37(58)59)43(64)55-35(46(67)68)22-26(4)5/h10-12,15-16,25-29,31-35,38H,9,13-14,17-24,47-48H2,1-8H3,(H,49,63)(H,50,60)(H,51,66)(H,52,57)(H,53,61)(H,54,65)(H,55,64)(H,56,62)(H,58,59)(H,67,68)/t27-,28-,29-,31-,32-,33-,34-,35-,38-/m0/s1. The zero-order valence-corrected chi connectivity index (χ0v) is 40.6. The Morgan fingerprint density at radius 2 is 1.09 bits per heavy atom. The van der Waals surface area contributed by atoms with E-state index < -0.39 is 120 Å². The SMILES string of the molecule is CC[C@H](C)[C@H](NC(=O)[C@@H](N)Cc1ccccc1)C(=O)N[C@@H](C)C(=O)N[C@@H](C)C(=O)N[C@@H](CCCCN)C(=O)NCC(=O)N[C@@H](CC(C)C)C(=O)N[C@@H](CCC(=O)O)C(=O)N[C@@H](CC(C)C)C(=O)O. The van der Waals surface area contributed by atoms with E-state index >= 15 is 0 Å².